The van der Waals surface area contributed by atoms with Crippen LogP contribution in [0.15, 0.2) is 57.8 Å². The van der Waals surface area contributed by atoms with Crippen LogP contribution in [-0.4, -0.2) is 27.7 Å². The minimum atomic E-state index is -3.25. The number of ether oxygens (including phenoxy) is 1. The second kappa shape index (κ2) is 7.54. The van der Waals surface area contributed by atoms with Crippen LogP contribution in [-0.2, 0) is 21.2 Å². The number of furan rings is 1. The molecule has 0 saturated carbocycles. The van der Waals surface area contributed by atoms with Crippen molar-refractivity contribution in [1.29, 1.82) is 0 Å². The Bertz CT molecular complexity index is 1070. The Kier molecular flexibility index (Phi) is 5.34. The third-order valence-electron chi connectivity index (χ3n) is 4.35. The van der Waals surface area contributed by atoms with Crippen molar-refractivity contribution in [1.82, 2.24) is 5.32 Å². The number of carbonyl (C=O) groups excluding carboxylic acids is 1. The first-order chi connectivity index (χ1) is 12.8. The van der Waals surface area contributed by atoms with Gasteiger partial charge >= 0.3 is 0 Å². The number of nitrogens with one attached hydrogen (secondary N) is 1. The summed E-state index contributed by atoms with van der Waals surface area (Å²) >= 11 is 0. The van der Waals surface area contributed by atoms with Crippen molar-refractivity contribution >= 4 is 26.7 Å². The molecular formula is C20H21NO5S. The van der Waals surface area contributed by atoms with Gasteiger partial charge in [-0.3, -0.25) is 4.79 Å². The minimum Gasteiger partial charge on any atom is -0.451 e. The number of hydrogen-bond acceptors (Lipinski definition) is 5. The molecule has 0 aliphatic carbocycles. The summed E-state index contributed by atoms with van der Waals surface area (Å²) < 4.78 is 34.1. The van der Waals surface area contributed by atoms with Gasteiger partial charge in [-0.15, -0.1) is 0 Å². The van der Waals surface area contributed by atoms with E-state index in [1.165, 1.54) is 12.1 Å². The molecule has 3 aromatic rings. The lowest BCUT2D eigenvalue weighted by atomic mass is 10.1. The molecule has 1 atom stereocenters. The van der Waals surface area contributed by atoms with E-state index in [1.54, 1.807) is 25.3 Å². The molecule has 7 heteroatoms. The van der Waals surface area contributed by atoms with E-state index in [1.807, 2.05) is 25.1 Å². The molecule has 0 bridgehead atoms. The third-order valence-corrected chi connectivity index (χ3v) is 5.48. The van der Waals surface area contributed by atoms with Gasteiger partial charge in [0.2, 0.25) is 0 Å². The Morgan fingerprint density at radius 2 is 1.81 bits per heavy atom. The zero-order valence-electron chi connectivity index (χ0n) is 15.4. The van der Waals surface area contributed by atoms with Crippen LogP contribution < -0.4 is 5.32 Å². The van der Waals surface area contributed by atoms with E-state index in [4.69, 9.17) is 9.15 Å². The summed E-state index contributed by atoms with van der Waals surface area (Å²) in [4.78, 5) is 13.0. The molecule has 0 aliphatic heterocycles. The first kappa shape index (κ1) is 19.1. The first-order valence-electron chi connectivity index (χ1n) is 8.41. The Morgan fingerprint density at radius 3 is 2.44 bits per heavy atom. The highest BCUT2D eigenvalue weighted by Crippen LogP contribution is 2.27. The van der Waals surface area contributed by atoms with Crippen molar-refractivity contribution in [3.8, 4) is 0 Å². The molecule has 0 aliphatic rings. The smallest absolute Gasteiger partial charge is 0.287 e. The average Bonchev–Trinajstić information content (AvgIpc) is 3.00. The molecule has 0 spiro atoms. The Hall–Kier alpha value is -2.64. The zero-order chi connectivity index (χ0) is 19.6. The maximum Gasteiger partial charge on any atom is 0.287 e. The summed E-state index contributed by atoms with van der Waals surface area (Å²) in [5, 5.41) is 3.74. The van der Waals surface area contributed by atoms with Crippen LogP contribution in [0.1, 0.15) is 34.6 Å². The molecule has 27 heavy (non-hydrogen) atoms. The number of methoxy groups -OCH3 is 1. The maximum atomic E-state index is 12.8. The molecule has 0 unspecified atom stereocenters. The van der Waals surface area contributed by atoms with E-state index < -0.39 is 9.84 Å². The summed E-state index contributed by atoms with van der Waals surface area (Å²) in [6.45, 7) is 2.09. The lowest BCUT2D eigenvalue weighted by molar-refractivity contribution is 0.0907. The maximum absolute atomic E-state index is 12.8. The molecule has 1 amide bonds. The van der Waals surface area contributed by atoms with Crippen LogP contribution in [0.25, 0.3) is 11.0 Å². The van der Waals surface area contributed by atoms with Crippen molar-refractivity contribution in [3.63, 3.8) is 0 Å². The number of sulfone groups is 1. The van der Waals surface area contributed by atoms with Crippen molar-refractivity contribution < 1.29 is 22.4 Å². The Morgan fingerprint density at radius 1 is 1.15 bits per heavy atom. The fraction of sp³-hybridized carbons (Fsp3) is 0.250. The molecule has 0 fully saturated rings. The highest BCUT2D eigenvalue weighted by Gasteiger charge is 2.22. The van der Waals surface area contributed by atoms with E-state index in [0.29, 0.717) is 11.1 Å². The van der Waals surface area contributed by atoms with E-state index in [-0.39, 0.29) is 29.2 Å². The molecule has 1 aromatic heterocycles. The van der Waals surface area contributed by atoms with Gasteiger partial charge in [-0.05, 0) is 30.7 Å². The Labute approximate surface area is 158 Å². The van der Waals surface area contributed by atoms with Gasteiger partial charge in [0, 0.05) is 24.3 Å². The number of para-hydroxylation sites is 1. The van der Waals surface area contributed by atoms with Crippen LogP contribution in [0.3, 0.4) is 0 Å². The van der Waals surface area contributed by atoms with Gasteiger partial charge < -0.3 is 14.5 Å². The van der Waals surface area contributed by atoms with Crippen molar-refractivity contribution in [2.45, 2.75) is 24.5 Å². The van der Waals surface area contributed by atoms with Gasteiger partial charge in [0.15, 0.2) is 15.6 Å². The second-order valence-corrected chi connectivity index (χ2v) is 8.39. The normalized spacial score (nSPS) is 12.9. The summed E-state index contributed by atoms with van der Waals surface area (Å²) in [7, 11) is -1.69. The fourth-order valence-corrected chi connectivity index (χ4v) is 3.55. The molecule has 1 heterocycles. The predicted octanol–water partition coefficient (Wildman–Crippen LogP) is 3.47. The van der Waals surface area contributed by atoms with Gasteiger partial charge in [-0.2, -0.15) is 0 Å². The third kappa shape index (κ3) is 4.04. The van der Waals surface area contributed by atoms with Crippen LogP contribution in [0, 0.1) is 0 Å². The number of amides is 1. The molecule has 2 aromatic carbocycles. The fourth-order valence-electron chi connectivity index (χ4n) is 2.92. The molecule has 0 radical (unpaired) electrons. The van der Waals surface area contributed by atoms with E-state index >= 15 is 0 Å². The van der Waals surface area contributed by atoms with Gasteiger partial charge in [0.05, 0.1) is 17.5 Å². The number of fused-ring (bicyclic) bond motifs is 1. The van der Waals surface area contributed by atoms with Crippen molar-refractivity contribution in [3.05, 3.63) is 65.4 Å². The molecule has 1 N–H and O–H groups in total. The molecule has 0 saturated heterocycles. The number of benzene rings is 2. The van der Waals surface area contributed by atoms with Crippen LogP contribution >= 0.6 is 0 Å². The lowest BCUT2D eigenvalue weighted by Gasteiger charge is -2.14. The molecule has 3 rings (SSSR count). The molecule has 142 valence electrons. The van der Waals surface area contributed by atoms with E-state index in [9.17, 15) is 13.2 Å². The van der Waals surface area contributed by atoms with Gasteiger partial charge in [-0.25, -0.2) is 8.42 Å². The van der Waals surface area contributed by atoms with Gasteiger partial charge in [0.1, 0.15) is 5.58 Å². The summed E-state index contributed by atoms with van der Waals surface area (Å²) in [5.74, 6) is -0.129. The van der Waals surface area contributed by atoms with Crippen LogP contribution in [0.5, 0.6) is 0 Å². The number of hydrogen-bond donors (Lipinski definition) is 1. The number of rotatable bonds is 6. The van der Waals surface area contributed by atoms with Crippen molar-refractivity contribution in [2.75, 3.05) is 13.4 Å². The SMILES string of the molecule is COCc1c(C(=O)N[C@H](C)c2ccc(S(C)(=O)=O)cc2)oc2ccccc12. The average molecular weight is 387 g/mol. The van der Waals surface area contributed by atoms with E-state index in [2.05, 4.69) is 5.32 Å². The number of carbonyl (C=O) groups is 1. The zero-order valence-corrected chi connectivity index (χ0v) is 16.2. The summed E-state index contributed by atoms with van der Waals surface area (Å²) in [5.41, 5.74) is 2.12. The second-order valence-electron chi connectivity index (χ2n) is 6.38. The molecule has 6 nitrogen and oxygen atoms in total. The van der Waals surface area contributed by atoms with Crippen molar-refractivity contribution in [2.24, 2.45) is 0 Å². The highest BCUT2D eigenvalue weighted by atomic mass is 32.2. The largest absolute Gasteiger partial charge is 0.451 e. The van der Waals surface area contributed by atoms with Gasteiger partial charge in [0.25, 0.3) is 5.91 Å². The van der Waals surface area contributed by atoms with Crippen LogP contribution in [0.2, 0.25) is 0 Å². The first-order valence-corrected chi connectivity index (χ1v) is 10.3. The quantitative estimate of drug-likeness (QED) is 0.700. The van der Waals surface area contributed by atoms with E-state index in [0.717, 1.165) is 17.2 Å². The molecular weight excluding hydrogens is 366 g/mol. The van der Waals surface area contributed by atoms with Crippen LogP contribution in [0.4, 0.5) is 0 Å². The minimum absolute atomic E-state index is 0.220. The standard InChI is InChI=1S/C20H21NO5S/c1-13(14-8-10-15(11-9-14)27(3,23)24)21-20(22)19-17(12-25-2)16-6-4-5-7-18(16)26-19/h4-11,13H,12H2,1-3H3,(H,21,22)/t13-/m1/s1. The summed E-state index contributed by atoms with van der Waals surface area (Å²) in [6, 6.07) is 13.5. The Balaban J connectivity index is 1.84. The monoisotopic (exact) mass is 387 g/mol. The highest BCUT2D eigenvalue weighted by molar-refractivity contribution is 7.90. The predicted molar refractivity (Wildman–Crippen MR) is 102 cm³/mol. The topological polar surface area (TPSA) is 85.6 Å². The summed E-state index contributed by atoms with van der Waals surface area (Å²) in [6.07, 6.45) is 1.16. The van der Waals surface area contributed by atoms with Gasteiger partial charge in [-0.1, -0.05) is 30.3 Å². The lowest BCUT2D eigenvalue weighted by Crippen LogP contribution is -2.27.